The molecule has 0 aliphatic rings. The molecule has 122 valence electrons. The summed E-state index contributed by atoms with van der Waals surface area (Å²) in [5.74, 6) is 2.02. The van der Waals surface area contributed by atoms with E-state index in [2.05, 4.69) is 24.9 Å². The smallest absolute Gasteiger partial charge is 0.118 e. The van der Waals surface area contributed by atoms with E-state index in [-0.39, 0.29) is 0 Å². The fourth-order valence-corrected chi connectivity index (χ4v) is 2.80. The lowest BCUT2D eigenvalue weighted by Crippen LogP contribution is -2.37. The molecule has 1 heterocycles. The molecule has 0 aliphatic carbocycles. The number of hydrogen-bond acceptors (Lipinski definition) is 3. The molecule has 0 aliphatic heterocycles. The van der Waals surface area contributed by atoms with Gasteiger partial charge < -0.3 is 10.2 Å². The van der Waals surface area contributed by atoms with Crippen LogP contribution in [0.5, 0.6) is 0 Å². The highest BCUT2D eigenvalue weighted by atomic mass is 16.3. The van der Waals surface area contributed by atoms with Gasteiger partial charge in [0, 0.05) is 12.6 Å². The summed E-state index contributed by atoms with van der Waals surface area (Å²) in [5, 5.41) is 0. The Kier molecular flexibility index (Phi) is 9.44. The number of aryl methyl sites for hydroxylation is 1. The zero-order valence-electron chi connectivity index (χ0n) is 14.2. The molecular weight excluding hydrogens is 260 g/mol. The van der Waals surface area contributed by atoms with Gasteiger partial charge in [-0.25, -0.2) is 0 Å². The number of likely N-dealkylation sites (N-methyl/N-ethyl adjacent to an activating group) is 1. The maximum atomic E-state index is 5.94. The molecule has 3 nitrogen and oxygen atoms in total. The zero-order chi connectivity index (χ0) is 15.5. The van der Waals surface area contributed by atoms with Crippen LogP contribution in [0.4, 0.5) is 0 Å². The third-order valence-electron chi connectivity index (χ3n) is 4.24. The number of nitrogens with two attached hydrogens (primary N) is 1. The molecule has 0 bridgehead atoms. The Hall–Kier alpha value is -0.800. The molecule has 0 saturated carbocycles. The van der Waals surface area contributed by atoms with E-state index in [1.807, 2.05) is 13.0 Å². The fourth-order valence-electron chi connectivity index (χ4n) is 2.80. The number of furan rings is 1. The van der Waals surface area contributed by atoms with Crippen LogP contribution in [0.15, 0.2) is 16.5 Å². The van der Waals surface area contributed by atoms with Gasteiger partial charge in [0.05, 0.1) is 6.54 Å². The summed E-state index contributed by atoms with van der Waals surface area (Å²) in [6.07, 6.45) is 10.7. The van der Waals surface area contributed by atoms with Crippen LogP contribution in [-0.4, -0.2) is 24.5 Å². The second-order valence-electron chi connectivity index (χ2n) is 6.23. The minimum absolute atomic E-state index is 0.464. The van der Waals surface area contributed by atoms with E-state index in [1.54, 1.807) is 0 Å². The third kappa shape index (κ3) is 7.68. The predicted octanol–water partition coefficient (Wildman–Crippen LogP) is 4.49. The Morgan fingerprint density at radius 3 is 2.33 bits per heavy atom. The van der Waals surface area contributed by atoms with Crippen LogP contribution in [0.2, 0.25) is 0 Å². The molecule has 1 aromatic rings. The summed E-state index contributed by atoms with van der Waals surface area (Å²) >= 11 is 0. The second-order valence-corrected chi connectivity index (χ2v) is 6.23. The van der Waals surface area contributed by atoms with Gasteiger partial charge in [-0.1, -0.05) is 51.9 Å². The fraction of sp³-hybridized carbons (Fsp3) is 0.778. The van der Waals surface area contributed by atoms with Crippen molar-refractivity contribution in [3.8, 4) is 0 Å². The third-order valence-corrected chi connectivity index (χ3v) is 4.24. The first-order chi connectivity index (χ1) is 10.2. The van der Waals surface area contributed by atoms with Crippen LogP contribution in [-0.2, 0) is 6.54 Å². The van der Waals surface area contributed by atoms with Gasteiger partial charge in [-0.05, 0) is 32.5 Å². The minimum Gasteiger partial charge on any atom is -0.465 e. The highest BCUT2D eigenvalue weighted by Crippen LogP contribution is 2.15. The van der Waals surface area contributed by atoms with Gasteiger partial charge >= 0.3 is 0 Å². The molecule has 0 aromatic carbocycles. The lowest BCUT2D eigenvalue weighted by molar-refractivity contribution is 0.206. The molecule has 1 atom stereocenters. The lowest BCUT2D eigenvalue weighted by atomic mass is 10.0. The first kappa shape index (κ1) is 18.2. The average Bonchev–Trinajstić information content (AvgIpc) is 2.87. The highest BCUT2D eigenvalue weighted by molar-refractivity contribution is 5.05. The number of hydrogen-bond donors (Lipinski definition) is 1. The summed E-state index contributed by atoms with van der Waals surface area (Å²) in [4.78, 5) is 2.33. The maximum absolute atomic E-state index is 5.94. The zero-order valence-corrected chi connectivity index (χ0v) is 14.2. The van der Waals surface area contributed by atoms with Crippen LogP contribution >= 0.6 is 0 Å². The monoisotopic (exact) mass is 294 g/mol. The summed E-state index contributed by atoms with van der Waals surface area (Å²) < 4.78 is 5.65. The van der Waals surface area contributed by atoms with Gasteiger partial charge in [0.25, 0.3) is 0 Å². The molecule has 1 unspecified atom stereocenters. The number of rotatable bonds is 12. The van der Waals surface area contributed by atoms with E-state index in [0.717, 1.165) is 24.6 Å². The van der Waals surface area contributed by atoms with Crippen molar-refractivity contribution in [3.63, 3.8) is 0 Å². The molecule has 1 rings (SSSR count). The van der Waals surface area contributed by atoms with Gasteiger partial charge in [0.1, 0.15) is 11.5 Å². The molecule has 2 N–H and O–H groups in total. The van der Waals surface area contributed by atoms with E-state index in [1.165, 1.54) is 51.4 Å². The Balaban J connectivity index is 2.18. The lowest BCUT2D eigenvalue weighted by Gasteiger charge is -2.26. The number of unbranched alkanes of at least 4 members (excludes halogenated alkanes) is 6. The molecule has 0 fully saturated rings. The number of nitrogens with zero attached hydrogens (tertiary/aromatic N) is 1. The van der Waals surface area contributed by atoms with Crippen molar-refractivity contribution in [1.82, 2.24) is 4.90 Å². The SMILES string of the molecule is CCCCCCCCCC(CN)N(C)Cc1ccc(C)o1. The molecule has 0 saturated heterocycles. The van der Waals surface area contributed by atoms with Crippen molar-refractivity contribution in [3.05, 3.63) is 23.7 Å². The summed E-state index contributed by atoms with van der Waals surface area (Å²) in [6, 6.07) is 4.55. The average molecular weight is 294 g/mol. The Morgan fingerprint density at radius 1 is 1.10 bits per heavy atom. The van der Waals surface area contributed by atoms with Crippen LogP contribution in [0.25, 0.3) is 0 Å². The maximum Gasteiger partial charge on any atom is 0.118 e. The van der Waals surface area contributed by atoms with Crippen molar-refractivity contribution >= 4 is 0 Å². The largest absolute Gasteiger partial charge is 0.465 e. The van der Waals surface area contributed by atoms with Gasteiger partial charge in [0.2, 0.25) is 0 Å². The van der Waals surface area contributed by atoms with Gasteiger partial charge in [0.15, 0.2) is 0 Å². The topological polar surface area (TPSA) is 42.4 Å². The predicted molar refractivity (Wildman–Crippen MR) is 90.4 cm³/mol. The quantitative estimate of drug-likeness (QED) is 0.578. The molecule has 1 aromatic heterocycles. The Labute approximate surface area is 130 Å². The van der Waals surface area contributed by atoms with E-state index >= 15 is 0 Å². The van der Waals surface area contributed by atoms with Crippen molar-refractivity contribution in [2.45, 2.75) is 77.8 Å². The van der Waals surface area contributed by atoms with Crippen molar-refractivity contribution in [2.24, 2.45) is 5.73 Å². The summed E-state index contributed by atoms with van der Waals surface area (Å²) in [5.41, 5.74) is 5.94. The molecule has 0 amide bonds. The van der Waals surface area contributed by atoms with Gasteiger partial charge in [-0.15, -0.1) is 0 Å². The standard InChI is InChI=1S/C18H34N2O/c1-4-5-6-7-8-9-10-11-17(14-19)20(3)15-18-13-12-16(2)21-18/h12-13,17H,4-11,14-15,19H2,1-3H3. The van der Waals surface area contributed by atoms with Crippen molar-refractivity contribution < 1.29 is 4.42 Å². The van der Waals surface area contributed by atoms with E-state index in [4.69, 9.17) is 10.2 Å². The molecule has 3 heteroatoms. The molecule has 0 spiro atoms. The van der Waals surface area contributed by atoms with Crippen LogP contribution in [0.1, 0.15) is 69.8 Å². The van der Waals surface area contributed by atoms with Crippen LogP contribution in [0, 0.1) is 6.92 Å². The Bertz CT molecular complexity index is 362. The first-order valence-corrected chi connectivity index (χ1v) is 8.63. The van der Waals surface area contributed by atoms with Gasteiger partial charge in [-0.3, -0.25) is 4.90 Å². The van der Waals surface area contributed by atoms with Crippen molar-refractivity contribution in [1.29, 1.82) is 0 Å². The Morgan fingerprint density at radius 2 is 1.76 bits per heavy atom. The first-order valence-electron chi connectivity index (χ1n) is 8.63. The second kappa shape index (κ2) is 10.9. The van der Waals surface area contributed by atoms with E-state index in [0.29, 0.717) is 6.04 Å². The molecule has 21 heavy (non-hydrogen) atoms. The van der Waals surface area contributed by atoms with Crippen molar-refractivity contribution in [2.75, 3.05) is 13.6 Å². The molecular formula is C18H34N2O. The van der Waals surface area contributed by atoms with Crippen LogP contribution in [0.3, 0.4) is 0 Å². The van der Waals surface area contributed by atoms with E-state index in [9.17, 15) is 0 Å². The summed E-state index contributed by atoms with van der Waals surface area (Å²) in [7, 11) is 2.15. The highest BCUT2D eigenvalue weighted by Gasteiger charge is 2.14. The van der Waals surface area contributed by atoms with E-state index < -0.39 is 0 Å². The normalized spacial score (nSPS) is 13.0. The summed E-state index contributed by atoms with van der Waals surface area (Å²) in [6.45, 7) is 5.84. The molecule has 0 radical (unpaired) electrons. The minimum atomic E-state index is 0.464. The van der Waals surface area contributed by atoms with Gasteiger partial charge in [-0.2, -0.15) is 0 Å². The van der Waals surface area contributed by atoms with Crippen LogP contribution < -0.4 is 5.73 Å².